The fraction of sp³-hybridized carbons (Fsp3) is 0.250. The van der Waals surface area contributed by atoms with Gasteiger partial charge in [-0.15, -0.1) is 4.57 Å². The predicted molar refractivity (Wildman–Crippen MR) is 78.7 cm³/mol. The molecule has 0 radical (unpaired) electrons. The van der Waals surface area contributed by atoms with Crippen LogP contribution in [0.4, 0.5) is 0 Å². The molecule has 0 saturated carbocycles. The zero-order valence-electron chi connectivity index (χ0n) is 12.2. The molecule has 2 aromatic heterocycles. The highest BCUT2D eigenvalue weighted by atomic mass is 16.5. The molecule has 5 nitrogen and oxygen atoms in total. The third-order valence-corrected chi connectivity index (χ3v) is 3.30. The Morgan fingerprint density at radius 2 is 1.90 bits per heavy atom. The first-order chi connectivity index (χ1) is 10.0. The van der Waals surface area contributed by atoms with Crippen LogP contribution in [-0.2, 0) is 6.61 Å². The van der Waals surface area contributed by atoms with Crippen LogP contribution in [0.5, 0.6) is 5.75 Å². The van der Waals surface area contributed by atoms with E-state index >= 15 is 0 Å². The molecule has 108 valence electrons. The van der Waals surface area contributed by atoms with Gasteiger partial charge in [-0.05, 0) is 31.9 Å². The number of aromatic nitrogens is 2. The summed E-state index contributed by atoms with van der Waals surface area (Å²) in [5.74, 6) is 1.48. The maximum Gasteiger partial charge on any atom is 0.287 e. The van der Waals surface area contributed by atoms with Gasteiger partial charge in [-0.25, -0.2) is 4.98 Å². The van der Waals surface area contributed by atoms with E-state index in [0.29, 0.717) is 17.1 Å². The lowest BCUT2D eigenvalue weighted by Crippen LogP contribution is -2.14. The standard InChI is InChI=1S/C16H16N2O3/c1-10-5-4-6-11(2)16(10)20-9-13-8-15(19)18-14(17-13)7-12(3)21-18/h4-8H,9H2,1-3H3. The summed E-state index contributed by atoms with van der Waals surface area (Å²) in [4.78, 5) is 16.3. The number of hydrogen-bond acceptors (Lipinski definition) is 4. The number of para-hydroxylation sites is 1. The zero-order valence-corrected chi connectivity index (χ0v) is 12.2. The molecule has 0 aliphatic rings. The van der Waals surface area contributed by atoms with Gasteiger partial charge in [-0.3, -0.25) is 4.79 Å². The van der Waals surface area contributed by atoms with E-state index in [1.54, 1.807) is 13.0 Å². The second-order valence-electron chi connectivity index (χ2n) is 5.09. The van der Waals surface area contributed by atoms with Gasteiger partial charge in [0.25, 0.3) is 5.56 Å². The van der Waals surface area contributed by atoms with Gasteiger partial charge >= 0.3 is 0 Å². The van der Waals surface area contributed by atoms with Gasteiger partial charge in [0.15, 0.2) is 5.65 Å². The summed E-state index contributed by atoms with van der Waals surface area (Å²) in [6.07, 6.45) is 0. The fourth-order valence-electron chi connectivity index (χ4n) is 2.32. The number of benzene rings is 1. The lowest BCUT2D eigenvalue weighted by molar-refractivity contribution is 0.295. The molecule has 0 saturated heterocycles. The SMILES string of the molecule is Cc1cc2nc(COc3c(C)cccc3C)cc(=O)n2o1. The molecule has 3 rings (SSSR count). The first-order valence-electron chi connectivity index (χ1n) is 6.73. The minimum Gasteiger partial charge on any atom is -0.487 e. The Hall–Kier alpha value is -2.56. The number of ether oxygens (including phenoxy) is 1. The lowest BCUT2D eigenvalue weighted by Gasteiger charge is -2.11. The van der Waals surface area contributed by atoms with Gasteiger partial charge in [0, 0.05) is 12.1 Å². The van der Waals surface area contributed by atoms with E-state index in [1.165, 1.54) is 10.6 Å². The predicted octanol–water partition coefficient (Wildman–Crippen LogP) is 2.79. The van der Waals surface area contributed by atoms with Gasteiger partial charge in [0.1, 0.15) is 18.1 Å². The molecule has 0 aliphatic heterocycles. The summed E-state index contributed by atoms with van der Waals surface area (Å²) in [6, 6.07) is 9.14. The van der Waals surface area contributed by atoms with E-state index in [-0.39, 0.29) is 12.2 Å². The lowest BCUT2D eigenvalue weighted by atomic mass is 10.1. The average molecular weight is 284 g/mol. The molecule has 0 atom stereocenters. The van der Waals surface area contributed by atoms with E-state index in [9.17, 15) is 4.79 Å². The largest absolute Gasteiger partial charge is 0.487 e. The van der Waals surface area contributed by atoms with Crippen LogP contribution in [0.2, 0.25) is 0 Å². The Balaban J connectivity index is 1.90. The fourth-order valence-corrected chi connectivity index (χ4v) is 2.32. The molecule has 0 fully saturated rings. The molecule has 0 aliphatic carbocycles. The third kappa shape index (κ3) is 2.54. The molecular weight excluding hydrogens is 268 g/mol. The van der Waals surface area contributed by atoms with Crippen molar-refractivity contribution in [1.82, 2.24) is 9.56 Å². The minimum absolute atomic E-state index is 0.242. The van der Waals surface area contributed by atoms with Crippen molar-refractivity contribution in [2.24, 2.45) is 0 Å². The van der Waals surface area contributed by atoms with Gasteiger partial charge in [-0.2, -0.15) is 0 Å². The Labute approximate surface area is 121 Å². The van der Waals surface area contributed by atoms with Crippen molar-refractivity contribution in [3.8, 4) is 5.75 Å². The minimum atomic E-state index is -0.242. The van der Waals surface area contributed by atoms with Crippen molar-refractivity contribution >= 4 is 5.65 Å². The summed E-state index contributed by atoms with van der Waals surface area (Å²) in [7, 11) is 0. The van der Waals surface area contributed by atoms with Gasteiger partial charge in [-0.1, -0.05) is 18.2 Å². The monoisotopic (exact) mass is 284 g/mol. The Morgan fingerprint density at radius 1 is 1.19 bits per heavy atom. The van der Waals surface area contributed by atoms with Crippen molar-refractivity contribution < 1.29 is 9.26 Å². The van der Waals surface area contributed by atoms with Gasteiger partial charge in [0.2, 0.25) is 0 Å². The van der Waals surface area contributed by atoms with Gasteiger partial charge < -0.3 is 9.26 Å². The van der Waals surface area contributed by atoms with Crippen LogP contribution in [0, 0.1) is 20.8 Å². The molecule has 2 heterocycles. The smallest absolute Gasteiger partial charge is 0.287 e. The molecule has 3 aromatic rings. The average Bonchev–Trinajstić information content (AvgIpc) is 2.79. The van der Waals surface area contributed by atoms with E-state index < -0.39 is 0 Å². The topological polar surface area (TPSA) is 56.7 Å². The molecule has 0 N–H and O–H groups in total. The quantitative estimate of drug-likeness (QED) is 0.742. The molecule has 0 bridgehead atoms. The number of hydrogen-bond donors (Lipinski definition) is 0. The van der Waals surface area contributed by atoms with Crippen molar-refractivity contribution in [2.45, 2.75) is 27.4 Å². The number of nitrogens with zero attached hydrogens (tertiary/aromatic N) is 2. The zero-order chi connectivity index (χ0) is 15.0. The summed E-state index contributed by atoms with van der Waals surface area (Å²) in [6.45, 7) is 6.02. The molecule has 0 amide bonds. The number of aryl methyl sites for hydroxylation is 3. The van der Waals surface area contributed by atoms with Gasteiger partial charge in [0.05, 0.1) is 5.69 Å². The van der Waals surface area contributed by atoms with Crippen LogP contribution in [0.25, 0.3) is 5.65 Å². The third-order valence-electron chi connectivity index (χ3n) is 3.30. The van der Waals surface area contributed by atoms with Crippen molar-refractivity contribution in [3.05, 3.63) is 63.3 Å². The van der Waals surface area contributed by atoms with E-state index in [1.807, 2.05) is 32.0 Å². The van der Waals surface area contributed by atoms with Crippen molar-refractivity contribution in [3.63, 3.8) is 0 Å². The molecule has 1 aromatic carbocycles. The Morgan fingerprint density at radius 3 is 2.62 bits per heavy atom. The maximum atomic E-state index is 11.9. The molecular formula is C16H16N2O3. The second-order valence-corrected chi connectivity index (χ2v) is 5.09. The van der Waals surface area contributed by atoms with E-state index in [2.05, 4.69) is 4.98 Å². The maximum absolute atomic E-state index is 11.9. The molecule has 5 heteroatoms. The first-order valence-corrected chi connectivity index (χ1v) is 6.73. The molecule has 0 spiro atoms. The summed E-state index contributed by atoms with van der Waals surface area (Å²) in [5.41, 5.74) is 2.97. The number of rotatable bonds is 3. The second kappa shape index (κ2) is 5.09. The highest BCUT2D eigenvalue weighted by Crippen LogP contribution is 2.23. The van der Waals surface area contributed by atoms with Crippen LogP contribution >= 0.6 is 0 Å². The highest BCUT2D eigenvalue weighted by molar-refractivity contribution is 5.40. The van der Waals surface area contributed by atoms with Crippen LogP contribution in [0.3, 0.4) is 0 Å². The van der Waals surface area contributed by atoms with Crippen molar-refractivity contribution in [1.29, 1.82) is 0 Å². The summed E-state index contributed by atoms with van der Waals surface area (Å²) in [5, 5.41) is 0. The van der Waals surface area contributed by atoms with E-state index in [4.69, 9.17) is 9.26 Å². The first kappa shape index (κ1) is 13.4. The Kier molecular flexibility index (Phi) is 3.25. The normalized spacial score (nSPS) is 11.0. The molecule has 21 heavy (non-hydrogen) atoms. The van der Waals surface area contributed by atoms with Crippen LogP contribution in [0.15, 0.2) is 39.6 Å². The van der Waals surface area contributed by atoms with Crippen LogP contribution < -0.4 is 10.3 Å². The molecule has 0 unspecified atom stereocenters. The summed E-state index contributed by atoms with van der Waals surface area (Å²) >= 11 is 0. The van der Waals surface area contributed by atoms with Crippen LogP contribution in [0.1, 0.15) is 22.6 Å². The highest BCUT2D eigenvalue weighted by Gasteiger charge is 2.09. The number of fused-ring (bicyclic) bond motifs is 1. The summed E-state index contributed by atoms with van der Waals surface area (Å²) < 4.78 is 12.3. The van der Waals surface area contributed by atoms with Crippen molar-refractivity contribution in [2.75, 3.05) is 0 Å². The van der Waals surface area contributed by atoms with Crippen LogP contribution in [-0.4, -0.2) is 9.56 Å². The van der Waals surface area contributed by atoms with E-state index in [0.717, 1.165) is 16.9 Å². The Bertz CT molecular complexity index is 841.